The average Bonchev–Trinajstić information content (AvgIpc) is 2.43. The van der Waals surface area contributed by atoms with Gasteiger partial charge >= 0.3 is 0 Å². The lowest BCUT2D eigenvalue weighted by molar-refractivity contribution is 0.0933. The molecular formula is C15H19N3O2. The molecule has 1 atom stereocenters. The Morgan fingerprint density at radius 2 is 2.00 bits per heavy atom. The molecule has 1 heterocycles. The lowest BCUT2D eigenvalue weighted by Gasteiger charge is -2.13. The number of fused-ring (bicyclic) bond motifs is 1. The van der Waals surface area contributed by atoms with Gasteiger partial charge in [0.1, 0.15) is 0 Å². The number of aromatic nitrogens is 2. The molecule has 0 saturated heterocycles. The van der Waals surface area contributed by atoms with Crippen LogP contribution in [0.1, 0.15) is 37.2 Å². The van der Waals surface area contributed by atoms with Crippen molar-refractivity contribution >= 4 is 16.7 Å². The molecule has 0 fully saturated rings. The van der Waals surface area contributed by atoms with E-state index in [2.05, 4.69) is 17.3 Å². The van der Waals surface area contributed by atoms with Gasteiger partial charge in [0.15, 0.2) is 5.69 Å². The van der Waals surface area contributed by atoms with E-state index in [0.717, 1.165) is 12.8 Å². The summed E-state index contributed by atoms with van der Waals surface area (Å²) in [7, 11) is 1.56. The van der Waals surface area contributed by atoms with Crippen molar-refractivity contribution in [3.8, 4) is 0 Å². The highest BCUT2D eigenvalue weighted by atomic mass is 16.2. The SMILES string of the molecule is CCC[C@@H](C)NC(=O)c1nn(C)c(=O)c2ccccc12. The molecule has 1 aromatic carbocycles. The lowest BCUT2D eigenvalue weighted by Crippen LogP contribution is -2.35. The number of carbonyl (C=O) groups excluding carboxylic acids is 1. The van der Waals surface area contributed by atoms with Crippen LogP contribution in [-0.4, -0.2) is 21.7 Å². The molecule has 20 heavy (non-hydrogen) atoms. The molecule has 0 bridgehead atoms. The number of hydrogen-bond acceptors (Lipinski definition) is 3. The number of benzene rings is 1. The molecule has 0 aliphatic carbocycles. The minimum Gasteiger partial charge on any atom is -0.348 e. The van der Waals surface area contributed by atoms with Crippen molar-refractivity contribution in [2.24, 2.45) is 7.05 Å². The van der Waals surface area contributed by atoms with E-state index in [1.165, 1.54) is 4.68 Å². The van der Waals surface area contributed by atoms with Crippen LogP contribution in [0, 0.1) is 0 Å². The number of carbonyl (C=O) groups is 1. The zero-order valence-electron chi connectivity index (χ0n) is 12.0. The van der Waals surface area contributed by atoms with Crippen molar-refractivity contribution in [2.45, 2.75) is 32.7 Å². The fourth-order valence-corrected chi connectivity index (χ4v) is 2.26. The summed E-state index contributed by atoms with van der Waals surface area (Å²) in [6.07, 6.45) is 1.92. The Hall–Kier alpha value is -2.17. The Morgan fingerprint density at radius 3 is 2.65 bits per heavy atom. The molecule has 0 spiro atoms. The monoisotopic (exact) mass is 273 g/mol. The van der Waals surface area contributed by atoms with Gasteiger partial charge in [0, 0.05) is 18.5 Å². The molecular weight excluding hydrogens is 254 g/mol. The maximum absolute atomic E-state index is 12.3. The molecule has 5 nitrogen and oxygen atoms in total. The van der Waals surface area contributed by atoms with Gasteiger partial charge in [-0.15, -0.1) is 0 Å². The van der Waals surface area contributed by atoms with Crippen LogP contribution < -0.4 is 10.9 Å². The third-order valence-electron chi connectivity index (χ3n) is 3.27. The summed E-state index contributed by atoms with van der Waals surface area (Å²) in [6, 6.07) is 7.14. The summed E-state index contributed by atoms with van der Waals surface area (Å²) in [6.45, 7) is 4.04. The second-order valence-electron chi connectivity index (χ2n) is 4.99. The second-order valence-corrected chi connectivity index (χ2v) is 4.99. The number of hydrogen-bond donors (Lipinski definition) is 1. The maximum Gasteiger partial charge on any atom is 0.274 e. The Balaban J connectivity index is 2.47. The fraction of sp³-hybridized carbons (Fsp3) is 0.400. The maximum atomic E-state index is 12.3. The second kappa shape index (κ2) is 5.86. The first-order chi connectivity index (χ1) is 9.54. The number of aryl methyl sites for hydroxylation is 1. The molecule has 2 rings (SSSR count). The molecule has 0 radical (unpaired) electrons. The van der Waals surface area contributed by atoms with Crippen LogP contribution in [0.4, 0.5) is 0 Å². The van der Waals surface area contributed by atoms with Gasteiger partial charge in [0.25, 0.3) is 11.5 Å². The summed E-state index contributed by atoms with van der Waals surface area (Å²) >= 11 is 0. The summed E-state index contributed by atoms with van der Waals surface area (Å²) in [5.74, 6) is -0.238. The van der Waals surface area contributed by atoms with E-state index in [4.69, 9.17) is 0 Å². The van der Waals surface area contributed by atoms with Gasteiger partial charge < -0.3 is 5.32 Å². The number of nitrogens with one attached hydrogen (secondary N) is 1. The molecule has 106 valence electrons. The normalized spacial score (nSPS) is 12.3. The summed E-state index contributed by atoms with van der Waals surface area (Å²) in [5.41, 5.74) is 0.101. The van der Waals surface area contributed by atoms with E-state index >= 15 is 0 Å². The predicted molar refractivity (Wildman–Crippen MR) is 78.8 cm³/mol. The van der Waals surface area contributed by atoms with Crippen molar-refractivity contribution in [2.75, 3.05) is 0 Å². The minimum absolute atomic E-state index is 0.0882. The number of nitrogens with zero attached hydrogens (tertiary/aromatic N) is 2. The van der Waals surface area contributed by atoms with Crippen LogP contribution in [0.5, 0.6) is 0 Å². The third kappa shape index (κ3) is 2.71. The van der Waals surface area contributed by atoms with E-state index in [1.807, 2.05) is 6.92 Å². The summed E-state index contributed by atoms with van der Waals surface area (Å²) < 4.78 is 1.21. The first-order valence-corrected chi connectivity index (χ1v) is 6.81. The van der Waals surface area contributed by atoms with Gasteiger partial charge in [-0.05, 0) is 19.4 Å². The lowest BCUT2D eigenvalue weighted by atomic mass is 10.1. The molecule has 0 saturated carbocycles. The van der Waals surface area contributed by atoms with E-state index < -0.39 is 0 Å². The molecule has 1 N–H and O–H groups in total. The van der Waals surface area contributed by atoms with E-state index in [0.29, 0.717) is 16.5 Å². The number of amides is 1. The van der Waals surface area contributed by atoms with Crippen molar-refractivity contribution in [1.82, 2.24) is 15.1 Å². The van der Waals surface area contributed by atoms with Crippen LogP contribution in [0.15, 0.2) is 29.1 Å². The van der Waals surface area contributed by atoms with Crippen LogP contribution in [-0.2, 0) is 7.05 Å². The molecule has 5 heteroatoms. The van der Waals surface area contributed by atoms with Gasteiger partial charge in [0.05, 0.1) is 5.39 Å². The van der Waals surface area contributed by atoms with E-state index in [1.54, 1.807) is 31.3 Å². The average molecular weight is 273 g/mol. The molecule has 0 aliphatic rings. The number of rotatable bonds is 4. The molecule has 2 aromatic rings. The van der Waals surface area contributed by atoms with Crippen LogP contribution >= 0.6 is 0 Å². The van der Waals surface area contributed by atoms with Gasteiger partial charge in [-0.1, -0.05) is 31.5 Å². The molecule has 0 aliphatic heterocycles. The van der Waals surface area contributed by atoms with Gasteiger partial charge in [0.2, 0.25) is 0 Å². The molecule has 1 aromatic heterocycles. The minimum atomic E-state index is -0.238. The van der Waals surface area contributed by atoms with Crippen LogP contribution in [0.2, 0.25) is 0 Å². The van der Waals surface area contributed by atoms with E-state index in [-0.39, 0.29) is 17.5 Å². The van der Waals surface area contributed by atoms with Crippen LogP contribution in [0.3, 0.4) is 0 Å². The first-order valence-electron chi connectivity index (χ1n) is 6.81. The van der Waals surface area contributed by atoms with Gasteiger partial charge in [-0.2, -0.15) is 5.10 Å². The van der Waals surface area contributed by atoms with E-state index in [9.17, 15) is 9.59 Å². The Morgan fingerprint density at radius 1 is 1.35 bits per heavy atom. The Kier molecular flexibility index (Phi) is 4.17. The van der Waals surface area contributed by atoms with Gasteiger partial charge in [-0.3, -0.25) is 9.59 Å². The van der Waals surface area contributed by atoms with Crippen molar-refractivity contribution in [3.05, 3.63) is 40.3 Å². The van der Waals surface area contributed by atoms with Crippen LogP contribution in [0.25, 0.3) is 10.8 Å². The quantitative estimate of drug-likeness (QED) is 0.924. The Bertz CT molecular complexity index is 691. The summed E-state index contributed by atoms with van der Waals surface area (Å²) in [4.78, 5) is 24.3. The van der Waals surface area contributed by atoms with Crippen molar-refractivity contribution in [3.63, 3.8) is 0 Å². The molecule has 0 unspecified atom stereocenters. The molecule has 1 amide bonds. The standard InChI is InChI=1S/C15H19N3O2/c1-4-7-10(2)16-14(19)13-11-8-5-6-9-12(11)15(20)18(3)17-13/h5-6,8-10H,4,7H2,1-3H3,(H,16,19)/t10-/m1/s1. The summed E-state index contributed by atoms with van der Waals surface area (Å²) in [5, 5.41) is 8.13. The Labute approximate surface area is 117 Å². The zero-order chi connectivity index (χ0) is 14.7. The topological polar surface area (TPSA) is 64.0 Å². The largest absolute Gasteiger partial charge is 0.348 e. The van der Waals surface area contributed by atoms with Crippen molar-refractivity contribution in [1.29, 1.82) is 0 Å². The first kappa shape index (κ1) is 14.2. The fourth-order valence-electron chi connectivity index (χ4n) is 2.26. The smallest absolute Gasteiger partial charge is 0.274 e. The highest BCUT2D eigenvalue weighted by Crippen LogP contribution is 2.13. The highest BCUT2D eigenvalue weighted by molar-refractivity contribution is 6.04. The van der Waals surface area contributed by atoms with Gasteiger partial charge in [-0.25, -0.2) is 4.68 Å². The highest BCUT2D eigenvalue weighted by Gasteiger charge is 2.16. The third-order valence-corrected chi connectivity index (χ3v) is 3.27. The predicted octanol–water partition coefficient (Wildman–Crippen LogP) is 1.85. The van der Waals surface area contributed by atoms with Crippen molar-refractivity contribution < 1.29 is 4.79 Å². The zero-order valence-corrected chi connectivity index (χ0v) is 12.0.